The van der Waals surface area contributed by atoms with Gasteiger partial charge in [0.15, 0.2) is 0 Å². The monoisotopic (exact) mass is 355 g/mol. The minimum atomic E-state index is 0.395. The average Bonchev–Trinajstić information content (AvgIpc) is 2.43. The lowest BCUT2D eigenvalue weighted by atomic mass is 9.69. The fraction of sp³-hybridized carbons (Fsp3) is 0.750. The number of ether oxygens (including phenoxy) is 1. The Morgan fingerprint density at radius 3 is 2.33 bits per heavy atom. The number of nitrogens with two attached hydrogens (primary N) is 1. The first kappa shape index (κ1) is 16.7. The molecular formula is C16H26BrN3O. The highest BCUT2D eigenvalue weighted by Crippen LogP contribution is 2.42. The summed E-state index contributed by atoms with van der Waals surface area (Å²) in [6.07, 6.45) is 4.78. The molecule has 1 aromatic heterocycles. The first-order valence-electron chi connectivity index (χ1n) is 7.63. The molecule has 118 valence electrons. The van der Waals surface area contributed by atoms with E-state index in [0.29, 0.717) is 23.8 Å². The standard InChI is InChI=1S/C16H26BrN3O/c1-16(2,3)11-7-5-10(6-8-11)15-19-12(9-21-4)13(17)14(18)20-15/h10-11H,5-9H2,1-4H3,(H2,18,19,20). The number of anilines is 1. The van der Waals surface area contributed by atoms with Crippen LogP contribution in [0.15, 0.2) is 4.47 Å². The van der Waals surface area contributed by atoms with Gasteiger partial charge in [0, 0.05) is 13.0 Å². The van der Waals surface area contributed by atoms with Crippen LogP contribution in [0.5, 0.6) is 0 Å². The molecule has 1 heterocycles. The molecule has 1 fully saturated rings. The zero-order valence-corrected chi connectivity index (χ0v) is 15.0. The van der Waals surface area contributed by atoms with Crippen LogP contribution in [0.3, 0.4) is 0 Å². The number of rotatable bonds is 3. The summed E-state index contributed by atoms with van der Waals surface area (Å²) in [5.41, 5.74) is 7.24. The summed E-state index contributed by atoms with van der Waals surface area (Å²) in [5.74, 6) is 2.62. The largest absolute Gasteiger partial charge is 0.383 e. The van der Waals surface area contributed by atoms with Gasteiger partial charge in [-0.3, -0.25) is 0 Å². The lowest BCUT2D eigenvalue weighted by molar-refractivity contribution is 0.165. The van der Waals surface area contributed by atoms with Gasteiger partial charge in [0.1, 0.15) is 11.6 Å². The van der Waals surface area contributed by atoms with Crippen LogP contribution in [0, 0.1) is 11.3 Å². The normalized spacial score (nSPS) is 23.3. The molecule has 0 bridgehead atoms. The SMILES string of the molecule is COCc1nc(C2CCC(C(C)(C)C)CC2)nc(N)c1Br. The third-order valence-corrected chi connectivity index (χ3v) is 5.42. The number of halogens is 1. The van der Waals surface area contributed by atoms with Crippen LogP contribution in [0.25, 0.3) is 0 Å². The van der Waals surface area contributed by atoms with Gasteiger partial charge >= 0.3 is 0 Å². The summed E-state index contributed by atoms with van der Waals surface area (Å²) in [6, 6.07) is 0. The quantitative estimate of drug-likeness (QED) is 0.878. The molecule has 0 amide bonds. The molecule has 1 aliphatic rings. The number of aromatic nitrogens is 2. The molecule has 1 aromatic rings. The summed E-state index contributed by atoms with van der Waals surface area (Å²) < 4.78 is 5.95. The zero-order valence-electron chi connectivity index (χ0n) is 13.4. The number of nitrogens with zero attached hydrogens (tertiary/aromatic N) is 2. The molecule has 2 rings (SSSR count). The first-order chi connectivity index (χ1) is 9.82. The minimum Gasteiger partial charge on any atom is -0.383 e. The van der Waals surface area contributed by atoms with Crippen molar-refractivity contribution < 1.29 is 4.74 Å². The smallest absolute Gasteiger partial charge is 0.141 e. The van der Waals surface area contributed by atoms with Gasteiger partial charge in [-0.15, -0.1) is 0 Å². The van der Waals surface area contributed by atoms with Crippen LogP contribution >= 0.6 is 15.9 Å². The van der Waals surface area contributed by atoms with Crippen molar-refractivity contribution in [2.45, 2.75) is 59.0 Å². The van der Waals surface area contributed by atoms with Crippen LogP contribution < -0.4 is 5.73 Å². The van der Waals surface area contributed by atoms with E-state index in [-0.39, 0.29) is 0 Å². The number of nitrogen functional groups attached to an aromatic ring is 1. The number of hydrogen-bond donors (Lipinski definition) is 1. The van der Waals surface area contributed by atoms with Gasteiger partial charge in [-0.2, -0.15) is 0 Å². The molecule has 1 saturated carbocycles. The van der Waals surface area contributed by atoms with Crippen LogP contribution in [0.2, 0.25) is 0 Å². The Labute approximate surface area is 136 Å². The van der Waals surface area contributed by atoms with E-state index in [4.69, 9.17) is 10.5 Å². The maximum Gasteiger partial charge on any atom is 0.141 e. The summed E-state index contributed by atoms with van der Waals surface area (Å²) >= 11 is 3.45. The molecule has 1 aliphatic carbocycles. The van der Waals surface area contributed by atoms with Crippen molar-refractivity contribution in [3.8, 4) is 0 Å². The van der Waals surface area contributed by atoms with Gasteiger partial charge in [0.2, 0.25) is 0 Å². The van der Waals surface area contributed by atoms with E-state index in [9.17, 15) is 0 Å². The first-order valence-corrected chi connectivity index (χ1v) is 8.43. The Bertz CT molecular complexity index is 491. The van der Waals surface area contributed by atoms with Crippen molar-refractivity contribution in [2.75, 3.05) is 12.8 Å². The van der Waals surface area contributed by atoms with Gasteiger partial charge in [-0.1, -0.05) is 20.8 Å². The second-order valence-corrected chi connectivity index (χ2v) is 7.87. The van der Waals surface area contributed by atoms with E-state index < -0.39 is 0 Å². The molecule has 0 unspecified atom stereocenters. The Hall–Kier alpha value is -0.680. The molecular weight excluding hydrogens is 330 g/mol. The summed E-state index contributed by atoms with van der Waals surface area (Å²) in [5, 5.41) is 0. The van der Waals surface area contributed by atoms with E-state index in [2.05, 4.69) is 46.7 Å². The van der Waals surface area contributed by atoms with E-state index >= 15 is 0 Å². The molecule has 0 radical (unpaired) electrons. The third-order valence-electron chi connectivity index (χ3n) is 4.56. The second-order valence-electron chi connectivity index (χ2n) is 7.08. The van der Waals surface area contributed by atoms with Gasteiger partial charge in [-0.05, 0) is 52.9 Å². The van der Waals surface area contributed by atoms with E-state index in [1.54, 1.807) is 7.11 Å². The zero-order chi connectivity index (χ0) is 15.6. The summed E-state index contributed by atoms with van der Waals surface area (Å²) in [6.45, 7) is 7.46. The molecule has 0 spiro atoms. The molecule has 21 heavy (non-hydrogen) atoms. The number of hydrogen-bond acceptors (Lipinski definition) is 4. The molecule has 0 aliphatic heterocycles. The Kier molecular flexibility index (Phi) is 5.25. The van der Waals surface area contributed by atoms with Gasteiger partial charge in [0.05, 0.1) is 16.8 Å². The van der Waals surface area contributed by atoms with Crippen molar-refractivity contribution in [2.24, 2.45) is 11.3 Å². The van der Waals surface area contributed by atoms with Crippen molar-refractivity contribution in [3.63, 3.8) is 0 Å². The van der Waals surface area contributed by atoms with Gasteiger partial charge < -0.3 is 10.5 Å². The Morgan fingerprint density at radius 2 is 1.81 bits per heavy atom. The third kappa shape index (κ3) is 3.95. The lowest BCUT2D eigenvalue weighted by Gasteiger charge is -2.36. The van der Waals surface area contributed by atoms with E-state index in [1.807, 2.05) is 0 Å². The van der Waals surface area contributed by atoms with Crippen LogP contribution in [0.4, 0.5) is 5.82 Å². The van der Waals surface area contributed by atoms with Crippen molar-refractivity contribution >= 4 is 21.7 Å². The maximum atomic E-state index is 6.00. The van der Waals surface area contributed by atoms with Crippen molar-refractivity contribution in [3.05, 3.63) is 16.0 Å². The molecule has 0 saturated heterocycles. The Balaban J connectivity index is 2.13. The molecule has 2 N–H and O–H groups in total. The van der Waals surface area contributed by atoms with Crippen LogP contribution in [-0.2, 0) is 11.3 Å². The van der Waals surface area contributed by atoms with Gasteiger partial charge in [-0.25, -0.2) is 9.97 Å². The van der Waals surface area contributed by atoms with Crippen LogP contribution in [0.1, 0.15) is 63.9 Å². The molecule has 4 nitrogen and oxygen atoms in total. The molecule has 5 heteroatoms. The molecule has 0 atom stereocenters. The minimum absolute atomic E-state index is 0.395. The molecule has 0 aromatic carbocycles. The average molecular weight is 356 g/mol. The predicted molar refractivity (Wildman–Crippen MR) is 89.0 cm³/mol. The van der Waals surface area contributed by atoms with E-state index in [1.165, 1.54) is 12.8 Å². The summed E-state index contributed by atoms with van der Waals surface area (Å²) in [7, 11) is 1.67. The van der Waals surface area contributed by atoms with Crippen LogP contribution in [-0.4, -0.2) is 17.1 Å². The van der Waals surface area contributed by atoms with E-state index in [0.717, 1.165) is 34.8 Å². The fourth-order valence-electron chi connectivity index (χ4n) is 3.17. The topological polar surface area (TPSA) is 61.0 Å². The predicted octanol–water partition coefficient (Wildman–Crippen LogP) is 4.29. The van der Waals surface area contributed by atoms with Crippen molar-refractivity contribution in [1.82, 2.24) is 9.97 Å². The highest BCUT2D eigenvalue weighted by molar-refractivity contribution is 9.10. The second kappa shape index (κ2) is 6.61. The number of methoxy groups -OCH3 is 1. The lowest BCUT2D eigenvalue weighted by Crippen LogP contribution is -2.26. The highest BCUT2D eigenvalue weighted by atomic mass is 79.9. The Morgan fingerprint density at radius 1 is 1.19 bits per heavy atom. The highest BCUT2D eigenvalue weighted by Gasteiger charge is 2.31. The van der Waals surface area contributed by atoms with Gasteiger partial charge in [0.25, 0.3) is 0 Å². The van der Waals surface area contributed by atoms with Crippen molar-refractivity contribution in [1.29, 1.82) is 0 Å². The fourth-order valence-corrected chi connectivity index (χ4v) is 3.46. The summed E-state index contributed by atoms with van der Waals surface area (Å²) in [4.78, 5) is 9.16. The maximum absolute atomic E-state index is 6.00.